The second-order valence-electron chi connectivity index (χ2n) is 4.28. The van der Waals surface area contributed by atoms with Crippen molar-refractivity contribution in [2.75, 3.05) is 6.54 Å². The molecule has 1 aromatic carbocycles. The molecule has 1 amide bonds. The number of aromatic amines is 1. The summed E-state index contributed by atoms with van der Waals surface area (Å²) in [6, 6.07) is 8.17. The largest absolute Gasteiger partial charge is 0.361 e. The summed E-state index contributed by atoms with van der Waals surface area (Å²) >= 11 is 1.29. The maximum absolute atomic E-state index is 11.7. The first-order valence-electron chi connectivity index (χ1n) is 6.07. The zero-order chi connectivity index (χ0) is 13.1. The van der Waals surface area contributed by atoms with Gasteiger partial charge < -0.3 is 10.3 Å². The Labute approximate surface area is 114 Å². The van der Waals surface area contributed by atoms with Crippen LogP contribution in [0.5, 0.6) is 0 Å². The molecular formula is C14H13N3OS. The van der Waals surface area contributed by atoms with Gasteiger partial charge in [-0.2, -0.15) is 0 Å². The summed E-state index contributed by atoms with van der Waals surface area (Å²) in [6.07, 6.45) is 4.40. The van der Waals surface area contributed by atoms with Gasteiger partial charge in [-0.3, -0.25) is 4.79 Å². The van der Waals surface area contributed by atoms with E-state index in [1.54, 1.807) is 11.6 Å². The van der Waals surface area contributed by atoms with Crippen LogP contribution in [0.25, 0.3) is 10.9 Å². The van der Waals surface area contributed by atoms with E-state index < -0.39 is 0 Å². The molecule has 3 aromatic rings. The first kappa shape index (κ1) is 11.9. The van der Waals surface area contributed by atoms with Crippen LogP contribution in [0.1, 0.15) is 15.9 Å². The number of hydrogen-bond acceptors (Lipinski definition) is 3. The van der Waals surface area contributed by atoms with Crippen molar-refractivity contribution in [3.05, 3.63) is 53.2 Å². The topological polar surface area (TPSA) is 57.8 Å². The molecule has 2 N–H and O–H groups in total. The van der Waals surface area contributed by atoms with Gasteiger partial charge in [0.2, 0.25) is 0 Å². The van der Waals surface area contributed by atoms with E-state index in [1.807, 2.05) is 18.3 Å². The van der Waals surface area contributed by atoms with Gasteiger partial charge in [0.25, 0.3) is 5.91 Å². The van der Waals surface area contributed by atoms with Crippen molar-refractivity contribution < 1.29 is 4.79 Å². The van der Waals surface area contributed by atoms with Crippen molar-refractivity contribution in [3.63, 3.8) is 0 Å². The molecular weight excluding hydrogens is 258 g/mol. The molecule has 0 unspecified atom stereocenters. The molecule has 3 rings (SSSR count). The van der Waals surface area contributed by atoms with Crippen molar-refractivity contribution in [1.29, 1.82) is 0 Å². The van der Waals surface area contributed by atoms with Crippen molar-refractivity contribution >= 4 is 28.3 Å². The normalized spacial score (nSPS) is 10.7. The van der Waals surface area contributed by atoms with Gasteiger partial charge in [-0.25, -0.2) is 4.37 Å². The zero-order valence-electron chi connectivity index (χ0n) is 10.2. The average Bonchev–Trinajstić information content (AvgIpc) is 3.08. The lowest BCUT2D eigenvalue weighted by Gasteiger charge is -2.02. The van der Waals surface area contributed by atoms with Crippen LogP contribution in [0.15, 0.2) is 42.0 Å². The van der Waals surface area contributed by atoms with Crippen molar-refractivity contribution in [2.45, 2.75) is 6.42 Å². The number of amides is 1. The fourth-order valence-electron chi connectivity index (χ4n) is 2.07. The Balaban J connectivity index is 1.62. The van der Waals surface area contributed by atoms with Gasteiger partial charge in [-0.15, -0.1) is 0 Å². The maximum atomic E-state index is 11.7. The van der Waals surface area contributed by atoms with E-state index in [2.05, 4.69) is 26.8 Å². The highest BCUT2D eigenvalue weighted by atomic mass is 32.1. The van der Waals surface area contributed by atoms with E-state index in [-0.39, 0.29) is 5.91 Å². The number of fused-ring (bicyclic) bond motifs is 1. The smallest absolute Gasteiger partial charge is 0.253 e. The maximum Gasteiger partial charge on any atom is 0.253 e. The van der Waals surface area contributed by atoms with E-state index in [4.69, 9.17) is 0 Å². The molecule has 0 aliphatic rings. The molecule has 0 radical (unpaired) electrons. The van der Waals surface area contributed by atoms with E-state index in [0.29, 0.717) is 12.1 Å². The van der Waals surface area contributed by atoms with E-state index in [9.17, 15) is 4.79 Å². The molecule has 0 atom stereocenters. The van der Waals surface area contributed by atoms with E-state index >= 15 is 0 Å². The molecule has 19 heavy (non-hydrogen) atoms. The number of benzene rings is 1. The summed E-state index contributed by atoms with van der Waals surface area (Å²) in [4.78, 5) is 15.0. The Morgan fingerprint density at radius 2 is 2.26 bits per heavy atom. The van der Waals surface area contributed by atoms with Crippen molar-refractivity contribution in [3.8, 4) is 0 Å². The molecule has 0 saturated heterocycles. The number of aromatic nitrogens is 2. The number of nitrogens with one attached hydrogen (secondary N) is 2. The molecule has 0 bridgehead atoms. The first-order valence-corrected chi connectivity index (χ1v) is 6.91. The Hall–Kier alpha value is -2.14. The Bertz CT molecular complexity index is 688. The van der Waals surface area contributed by atoms with Crippen LogP contribution in [-0.4, -0.2) is 21.8 Å². The summed E-state index contributed by atoms with van der Waals surface area (Å²) in [5.74, 6) is -0.0615. The highest BCUT2D eigenvalue weighted by Gasteiger charge is 2.07. The minimum atomic E-state index is -0.0615. The molecule has 2 heterocycles. The Morgan fingerprint density at radius 3 is 3.11 bits per heavy atom. The quantitative estimate of drug-likeness (QED) is 0.766. The predicted octanol–water partition coefficient (Wildman–Crippen LogP) is 2.60. The Morgan fingerprint density at radius 1 is 1.37 bits per heavy atom. The molecule has 0 saturated carbocycles. The molecule has 0 aliphatic carbocycles. The van der Waals surface area contributed by atoms with Gasteiger partial charge in [0.15, 0.2) is 0 Å². The fraction of sp³-hybridized carbons (Fsp3) is 0.143. The van der Waals surface area contributed by atoms with Crippen LogP contribution in [-0.2, 0) is 6.42 Å². The molecule has 0 aliphatic heterocycles. The minimum absolute atomic E-state index is 0.0615. The molecule has 0 fully saturated rings. The third-order valence-electron chi connectivity index (χ3n) is 3.05. The van der Waals surface area contributed by atoms with E-state index in [1.165, 1.54) is 22.5 Å². The Kier molecular flexibility index (Phi) is 3.29. The van der Waals surface area contributed by atoms with Gasteiger partial charge in [0, 0.05) is 29.0 Å². The number of carbonyl (C=O) groups excluding carboxylic acids is 1. The summed E-state index contributed by atoms with van der Waals surface area (Å²) in [5, 5.41) is 5.87. The van der Waals surface area contributed by atoms with Crippen LogP contribution in [0.4, 0.5) is 0 Å². The molecule has 0 spiro atoms. The van der Waals surface area contributed by atoms with Gasteiger partial charge in [-0.05, 0) is 29.6 Å². The fourth-order valence-corrected chi connectivity index (χ4v) is 2.58. The van der Waals surface area contributed by atoms with Gasteiger partial charge in [0.1, 0.15) is 0 Å². The van der Waals surface area contributed by atoms with Gasteiger partial charge in [0.05, 0.1) is 11.8 Å². The number of nitrogens with zero attached hydrogens (tertiary/aromatic N) is 1. The van der Waals surface area contributed by atoms with Crippen LogP contribution in [0.2, 0.25) is 0 Å². The standard InChI is InChI=1S/C14H13N3OS/c18-14(11-8-17-19-9-11)15-6-5-10-7-16-13-4-2-1-3-12(10)13/h1-4,7-9,16H,5-6H2,(H,15,18). The van der Waals surface area contributed by atoms with Gasteiger partial charge in [-0.1, -0.05) is 18.2 Å². The third kappa shape index (κ3) is 2.51. The van der Waals surface area contributed by atoms with Crippen LogP contribution < -0.4 is 5.32 Å². The van der Waals surface area contributed by atoms with Crippen LogP contribution >= 0.6 is 11.5 Å². The summed E-state index contributed by atoms with van der Waals surface area (Å²) in [6.45, 7) is 0.622. The zero-order valence-corrected chi connectivity index (χ0v) is 11.0. The third-order valence-corrected chi connectivity index (χ3v) is 3.64. The summed E-state index contributed by atoms with van der Waals surface area (Å²) < 4.78 is 3.92. The second-order valence-corrected chi connectivity index (χ2v) is 4.94. The monoisotopic (exact) mass is 271 g/mol. The number of rotatable bonds is 4. The lowest BCUT2D eigenvalue weighted by molar-refractivity contribution is 0.0954. The second kappa shape index (κ2) is 5.24. The average molecular weight is 271 g/mol. The summed E-state index contributed by atoms with van der Waals surface area (Å²) in [7, 11) is 0. The number of para-hydroxylation sites is 1. The minimum Gasteiger partial charge on any atom is -0.361 e. The van der Waals surface area contributed by atoms with E-state index in [0.717, 1.165) is 11.9 Å². The van der Waals surface area contributed by atoms with Crippen LogP contribution in [0.3, 0.4) is 0 Å². The van der Waals surface area contributed by atoms with Crippen molar-refractivity contribution in [1.82, 2.24) is 14.7 Å². The SMILES string of the molecule is O=C(NCCc1c[nH]c2ccccc12)c1cnsc1. The molecule has 5 heteroatoms. The molecule has 2 aromatic heterocycles. The summed E-state index contributed by atoms with van der Waals surface area (Å²) in [5.41, 5.74) is 2.98. The number of hydrogen-bond donors (Lipinski definition) is 2. The highest BCUT2D eigenvalue weighted by molar-refractivity contribution is 7.03. The lowest BCUT2D eigenvalue weighted by Crippen LogP contribution is -2.25. The highest BCUT2D eigenvalue weighted by Crippen LogP contribution is 2.17. The van der Waals surface area contributed by atoms with Crippen LogP contribution in [0, 0.1) is 0 Å². The molecule has 96 valence electrons. The van der Waals surface area contributed by atoms with Crippen molar-refractivity contribution in [2.24, 2.45) is 0 Å². The number of H-pyrrole nitrogens is 1. The first-order chi connectivity index (χ1) is 9.34. The molecule has 4 nitrogen and oxygen atoms in total. The van der Waals surface area contributed by atoms with Gasteiger partial charge >= 0.3 is 0 Å². The predicted molar refractivity (Wildman–Crippen MR) is 76.4 cm³/mol. The lowest BCUT2D eigenvalue weighted by atomic mass is 10.1. The number of carbonyl (C=O) groups is 1.